The van der Waals surface area contributed by atoms with Crippen LogP contribution in [-0.4, -0.2) is 10.2 Å². The van der Waals surface area contributed by atoms with E-state index in [1.165, 1.54) is 0 Å². The topological polar surface area (TPSA) is 92.5 Å². The first-order chi connectivity index (χ1) is 6.68. The van der Waals surface area contributed by atoms with Crippen LogP contribution >= 0.6 is 0 Å². The van der Waals surface area contributed by atoms with Gasteiger partial charge in [-0.2, -0.15) is 13.2 Å². The van der Waals surface area contributed by atoms with Crippen molar-refractivity contribution in [2.24, 2.45) is 0 Å². The van der Waals surface area contributed by atoms with E-state index in [0.717, 1.165) is 0 Å². The van der Waals surface area contributed by atoms with Gasteiger partial charge >= 0.3 is 6.18 Å². The van der Waals surface area contributed by atoms with Crippen molar-refractivity contribution >= 4 is 11.4 Å². The Kier molecular flexibility index (Phi) is 2.30. The molecule has 0 amide bonds. The minimum atomic E-state index is -5.03. The number of hydrogen-bond donors (Lipinski definition) is 4. The molecule has 6 N–H and O–H groups in total. The summed E-state index contributed by atoms with van der Waals surface area (Å²) in [4.78, 5) is 0. The van der Waals surface area contributed by atoms with Crippen LogP contribution in [0.15, 0.2) is 0 Å². The molecule has 1 aromatic rings. The maximum Gasteiger partial charge on any atom is 0.422 e. The lowest BCUT2D eigenvalue weighted by Crippen LogP contribution is -2.12. The van der Waals surface area contributed by atoms with Crippen LogP contribution in [0, 0.1) is 5.82 Å². The minimum Gasteiger partial charge on any atom is -0.505 e. The molecule has 4 nitrogen and oxygen atoms in total. The lowest BCUT2D eigenvalue weighted by Gasteiger charge is -2.15. The summed E-state index contributed by atoms with van der Waals surface area (Å²) in [6.45, 7) is 0. The van der Waals surface area contributed by atoms with E-state index in [4.69, 9.17) is 21.7 Å². The summed E-state index contributed by atoms with van der Waals surface area (Å²) in [5, 5.41) is 17.8. The Hall–Kier alpha value is -1.86. The second-order valence-corrected chi connectivity index (χ2v) is 2.71. The summed E-state index contributed by atoms with van der Waals surface area (Å²) in [5.41, 5.74) is 5.37. The molecule has 0 radical (unpaired) electrons. The zero-order valence-electron chi connectivity index (χ0n) is 7.06. The van der Waals surface area contributed by atoms with Crippen LogP contribution < -0.4 is 11.5 Å². The highest BCUT2D eigenvalue weighted by Gasteiger charge is 2.40. The van der Waals surface area contributed by atoms with E-state index in [0.29, 0.717) is 0 Å². The van der Waals surface area contributed by atoms with Crippen LogP contribution in [0.2, 0.25) is 0 Å². The molecule has 1 rings (SSSR count). The van der Waals surface area contributed by atoms with Crippen molar-refractivity contribution in [1.82, 2.24) is 0 Å². The van der Waals surface area contributed by atoms with Gasteiger partial charge in [-0.25, -0.2) is 4.39 Å². The first-order valence-corrected chi connectivity index (χ1v) is 3.53. The predicted octanol–water partition coefficient (Wildman–Crippen LogP) is 1.42. The van der Waals surface area contributed by atoms with Gasteiger partial charge in [0.1, 0.15) is 11.3 Å². The largest absolute Gasteiger partial charge is 0.505 e. The summed E-state index contributed by atoms with van der Waals surface area (Å²) in [7, 11) is 0. The summed E-state index contributed by atoms with van der Waals surface area (Å²) in [5.74, 6) is -4.55. The van der Waals surface area contributed by atoms with Crippen molar-refractivity contribution in [2.75, 3.05) is 11.5 Å². The molecular weight excluding hydrogens is 220 g/mol. The average Bonchev–Trinajstić information content (AvgIpc) is 2.09. The molecule has 84 valence electrons. The van der Waals surface area contributed by atoms with Crippen molar-refractivity contribution in [2.45, 2.75) is 6.18 Å². The van der Waals surface area contributed by atoms with Gasteiger partial charge in [-0.1, -0.05) is 0 Å². The second kappa shape index (κ2) is 3.07. The Balaban J connectivity index is 3.68. The number of nitrogens with two attached hydrogens (primary N) is 2. The number of alkyl halides is 3. The van der Waals surface area contributed by atoms with Crippen LogP contribution in [0.3, 0.4) is 0 Å². The van der Waals surface area contributed by atoms with E-state index in [2.05, 4.69) is 0 Å². The molecule has 0 heterocycles. The Morgan fingerprint density at radius 2 is 1.40 bits per heavy atom. The van der Waals surface area contributed by atoms with Crippen LogP contribution in [-0.2, 0) is 6.18 Å². The Bertz CT molecular complexity index is 387. The molecular formula is C7H6F4N2O2. The van der Waals surface area contributed by atoms with Crippen molar-refractivity contribution in [1.29, 1.82) is 0 Å². The summed E-state index contributed by atoms with van der Waals surface area (Å²) < 4.78 is 49.7. The van der Waals surface area contributed by atoms with E-state index in [-0.39, 0.29) is 0 Å². The SMILES string of the molecule is Nc1c(O)c(C(F)(F)F)c(N)c(O)c1F. The third-order valence-corrected chi connectivity index (χ3v) is 1.74. The van der Waals surface area contributed by atoms with E-state index in [9.17, 15) is 17.6 Å². The summed E-state index contributed by atoms with van der Waals surface area (Å²) in [6.07, 6.45) is -5.03. The number of hydrogen-bond acceptors (Lipinski definition) is 4. The van der Waals surface area contributed by atoms with Gasteiger partial charge in [0.2, 0.25) is 0 Å². The summed E-state index contributed by atoms with van der Waals surface area (Å²) in [6, 6.07) is 0. The molecule has 0 fully saturated rings. The highest BCUT2D eigenvalue weighted by molar-refractivity contribution is 5.74. The number of aromatic hydroxyl groups is 2. The van der Waals surface area contributed by atoms with Crippen molar-refractivity contribution in [3.8, 4) is 11.5 Å². The number of benzene rings is 1. The quantitative estimate of drug-likeness (QED) is 0.233. The number of phenols is 2. The van der Waals surface area contributed by atoms with Gasteiger partial charge in [0.05, 0.1) is 5.69 Å². The number of anilines is 2. The third kappa shape index (κ3) is 1.58. The van der Waals surface area contributed by atoms with Gasteiger partial charge < -0.3 is 21.7 Å². The molecule has 0 aliphatic heterocycles. The van der Waals surface area contributed by atoms with Crippen LogP contribution in [0.4, 0.5) is 28.9 Å². The molecule has 0 aliphatic rings. The fourth-order valence-corrected chi connectivity index (χ4v) is 1.02. The molecule has 0 saturated carbocycles. The van der Waals surface area contributed by atoms with Gasteiger partial charge in [-0.15, -0.1) is 0 Å². The Morgan fingerprint density at radius 1 is 0.933 bits per heavy atom. The lowest BCUT2D eigenvalue weighted by atomic mass is 10.1. The minimum absolute atomic E-state index is 1.20. The van der Waals surface area contributed by atoms with Crippen LogP contribution in [0.5, 0.6) is 11.5 Å². The number of phenolic OH excluding ortho intramolecular Hbond substituents is 2. The molecule has 0 bridgehead atoms. The maximum absolute atomic E-state index is 12.8. The predicted molar refractivity (Wildman–Crippen MR) is 43.6 cm³/mol. The highest BCUT2D eigenvalue weighted by Crippen LogP contribution is 2.47. The van der Waals surface area contributed by atoms with Crippen molar-refractivity contribution < 1.29 is 27.8 Å². The van der Waals surface area contributed by atoms with E-state index in [1.807, 2.05) is 0 Å². The Morgan fingerprint density at radius 3 is 1.80 bits per heavy atom. The monoisotopic (exact) mass is 226 g/mol. The normalized spacial score (nSPS) is 11.7. The van der Waals surface area contributed by atoms with Gasteiger partial charge in [0.25, 0.3) is 0 Å². The van der Waals surface area contributed by atoms with Crippen molar-refractivity contribution in [3.05, 3.63) is 11.4 Å². The fraction of sp³-hybridized carbons (Fsp3) is 0.143. The second-order valence-electron chi connectivity index (χ2n) is 2.71. The number of rotatable bonds is 0. The van der Waals surface area contributed by atoms with E-state index >= 15 is 0 Å². The number of nitrogen functional groups attached to an aromatic ring is 2. The first-order valence-electron chi connectivity index (χ1n) is 3.53. The molecule has 8 heteroatoms. The van der Waals surface area contributed by atoms with E-state index < -0.39 is 40.4 Å². The van der Waals surface area contributed by atoms with E-state index in [1.54, 1.807) is 0 Å². The first kappa shape index (κ1) is 11.2. The third-order valence-electron chi connectivity index (χ3n) is 1.74. The highest BCUT2D eigenvalue weighted by atomic mass is 19.4. The van der Waals surface area contributed by atoms with Gasteiger partial charge in [-0.3, -0.25) is 0 Å². The molecule has 0 aromatic heterocycles. The zero-order valence-corrected chi connectivity index (χ0v) is 7.06. The summed E-state index contributed by atoms with van der Waals surface area (Å²) >= 11 is 0. The Labute approximate surface area is 80.7 Å². The molecule has 0 unspecified atom stereocenters. The maximum atomic E-state index is 12.8. The molecule has 0 spiro atoms. The van der Waals surface area contributed by atoms with Crippen LogP contribution in [0.1, 0.15) is 5.56 Å². The molecule has 15 heavy (non-hydrogen) atoms. The standard InChI is InChI=1S/C7H6F4N2O2/c8-2-4(13)5(14)1(7(9,10)11)3(12)6(2)15/h14-15H,12-13H2. The van der Waals surface area contributed by atoms with Crippen LogP contribution in [0.25, 0.3) is 0 Å². The molecule has 0 saturated heterocycles. The fourth-order valence-electron chi connectivity index (χ4n) is 1.02. The van der Waals surface area contributed by atoms with Gasteiger partial charge in [-0.05, 0) is 0 Å². The number of halogens is 4. The molecule has 0 aliphatic carbocycles. The van der Waals surface area contributed by atoms with Crippen molar-refractivity contribution in [3.63, 3.8) is 0 Å². The average molecular weight is 226 g/mol. The smallest absolute Gasteiger partial charge is 0.422 e. The molecule has 1 aromatic carbocycles. The lowest BCUT2D eigenvalue weighted by molar-refractivity contribution is -0.138. The van der Waals surface area contributed by atoms with Gasteiger partial charge in [0, 0.05) is 0 Å². The zero-order chi connectivity index (χ0) is 12.0. The molecule has 0 atom stereocenters. The van der Waals surface area contributed by atoms with Gasteiger partial charge in [0.15, 0.2) is 17.3 Å².